The van der Waals surface area contributed by atoms with Gasteiger partial charge in [0.05, 0.1) is 32.5 Å². The van der Waals surface area contributed by atoms with Crippen LogP contribution in [0.25, 0.3) is 0 Å². The van der Waals surface area contributed by atoms with Gasteiger partial charge in [0.2, 0.25) is 0 Å². The predicted molar refractivity (Wildman–Crippen MR) is 144 cm³/mol. The van der Waals surface area contributed by atoms with Crippen LogP contribution >= 0.6 is 0 Å². The summed E-state index contributed by atoms with van der Waals surface area (Å²) in [5.74, 6) is 1.70. The maximum atomic E-state index is 10.8. The second-order valence-electron chi connectivity index (χ2n) is 9.86. The van der Waals surface area contributed by atoms with Crippen LogP contribution in [0.15, 0.2) is 78.6 Å². The highest BCUT2D eigenvalue weighted by Gasteiger charge is 2.31. The van der Waals surface area contributed by atoms with Crippen LogP contribution in [0.1, 0.15) is 51.2 Å². The highest BCUT2D eigenvalue weighted by molar-refractivity contribution is 5.65. The molecule has 0 bridgehead atoms. The van der Waals surface area contributed by atoms with Gasteiger partial charge in [-0.1, -0.05) is 48.5 Å². The van der Waals surface area contributed by atoms with Crippen LogP contribution in [0.5, 0.6) is 5.75 Å². The first kappa shape index (κ1) is 28.6. The number of hydrogen-bond acceptors (Lipinski definition) is 6. The Hall–Kier alpha value is -2.93. The molecule has 0 unspecified atom stereocenters. The normalized spacial score (nSPS) is 17.6. The lowest BCUT2D eigenvalue weighted by Crippen LogP contribution is -2.35. The Balaban J connectivity index is 1.60. The van der Waals surface area contributed by atoms with Crippen molar-refractivity contribution in [3.8, 4) is 5.75 Å². The summed E-state index contributed by atoms with van der Waals surface area (Å²) in [6, 6.07) is 17.9. The lowest BCUT2D eigenvalue weighted by atomic mass is 9.87. The third-order valence-electron chi connectivity index (χ3n) is 6.51. The molecule has 200 valence electrons. The summed E-state index contributed by atoms with van der Waals surface area (Å²) in [6.45, 7) is 7.24. The first-order chi connectivity index (χ1) is 17.9. The van der Waals surface area contributed by atoms with E-state index in [-0.39, 0.29) is 30.5 Å². The number of allylic oxidation sites excluding steroid dienone is 3. The van der Waals surface area contributed by atoms with E-state index < -0.39 is 0 Å². The summed E-state index contributed by atoms with van der Waals surface area (Å²) in [4.78, 5) is 10.8. The van der Waals surface area contributed by atoms with E-state index in [1.807, 2.05) is 67.6 Å². The number of carbonyl (C=O) groups excluding carboxylic acids is 1. The van der Waals surface area contributed by atoms with Crippen LogP contribution in [-0.4, -0.2) is 38.5 Å². The highest BCUT2D eigenvalue weighted by atomic mass is 16.7. The zero-order valence-electron chi connectivity index (χ0n) is 22.4. The van der Waals surface area contributed by atoms with Crippen molar-refractivity contribution in [2.75, 3.05) is 13.9 Å². The van der Waals surface area contributed by atoms with E-state index in [9.17, 15) is 4.79 Å². The molecule has 6 heteroatoms. The first-order valence-electron chi connectivity index (χ1n) is 12.9. The number of carbonyl (C=O) groups is 1. The van der Waals surface area contributed by atoms with Crippen LogP contribution in [-0.2, 0) is 37.0 Å². The summed E-state index contributed by atoms with van der Waals surface area (Å²) >= 11 is 0. The monoisotopic (exact) mass is 508 g/mol. The quantitative estimate of drug-likeness (QED) is 0.120. The molecule has 0 spiro atoms. The zero-order chi connectivity index (χ0) is 26.5. The van der Waals surface area contributed by atoms with Crippen molar-refractivity contribution >= 4 is 6.29 Å². The van der Waals surface area contributed by atoms with Crippen LogP contribution in [0.2, 0.25) is 0 Å². The van der Waals surface area contributed by atoms with Gasteiger partial charge in [-0.3, -0.25) is 4.79 Å². The van der Waals surface area contributed by atoms with Crippen molar-refractivity contribution in [3.05, 3.63) is 89.7 Å². The summed E-state index contributed by atoms with van der Waals surface area (Å²) in [6.07, 6.45) is 8.41. The van der Waals surface area contributed by atoms with Gasteiger partial charge >= 0.3 is 0 Å². The molecule has 2 aromatic rings. The van der Waals surface area contributed by atoms with Crippen LogP contribution < -0.4 is 4.74 Å². The SMILES string of the molecule is COc1ccc(CO[C@H](C[C@@H]2CCC=C(C(C)(C)/C=C/C=O)O2)[C@@H](C)OCOCc2ccccc2)cc1. The molecule has 1 heterocycles. The third-order valence-corrected chi connectivity index (χ3v) is 6.51. The van der Waals surface area contributed by atoms with Gasteiger partial charge in [-0.2, -0.15) is 0 Å². The van der Waals surface area contributed by atoms with Crippen molar-refractivity contribution in [1.82, 2.24) is 0 Å². The second-order valence-corrected chi connectivity index (χ2v) is 9.86. The van der Waals surface area contributed by atoms with Gasteiger partial charge in [0.1, 0.15) is 30.7 Å². The summed E-state index contributed by atoms with van der Waals surface area (Å²) in [5, 5.41) is 0. The highest BCUT2D eigenvalue weighted by Crippen LogP contribution is 2.35. The Labute approximate surface area is 221 Å². The summed E-state index contributed by atoms with van der Waals surface area (Å²) < 4.78 is 29.9. The maximum absolute atomic E-state index is 10.8. The second kappa shape index (κ2) is 14.7. The van der Waals surface area contributed by atoms with Gasteiger partial charge in [-0.15, -0.1) is 0 Å². The maximum Gasteiger partial charge on any atom is 0.147 e. The molecule has 2 aromatic carbocycles. The molecule has 0 amide bonds. The smallest absolute Gasteiger partial charge is 0.147 e. The van der Waals surface area contributed by atoms with Crippen LogP contribution in [0, 0.1) is 5.41 Å². The minimum atomic E-state index is -0.355. The van der Waals surface area contributed by atoms with E-state index in [1.165, 1.54) is 6.08 Å². The standard InChI is InChI=1S/C31H40O6/c1-24(36-23-34-21-25-10-6-5-7-11-25)29(35-22-26-14-16-27(33-4)17-15-26)20-28-12-8-13-30(37-28)31(2,3)18-9-19-32/h5-7,9-11,13-19,24,28-29H,8,12,20-23H2,1-4H3/b18-9+/t24-,28+,29-/m1/s1. The molecule has 1 aliphatic heterocycles. The van der Waals surface area contributed by atoms with Crippen molar-refractivity contribution in [1.29, 1.82) is 0 Å². The van der Waals surface area contributed by atoms with E-state index in [1.54, 1.807) is 7.11 Å². The van der Waals surface area contributed by atoms with Gasteiger partial charge < -0.3 is 23.7 Å². The predicted octanol–water partition coefficient (Wildman–Crippen LogP) is 6.39. The van der Waals surface area contributed by atoms with E-state index in [0.29, 0.717) is 19.6 Å². The Morgan fingerprint density at radius 3 is 2.46 bits per heavy atom. The fourth-order valence-electron chi connectivity index (χ4n) is 4.21. The largest absolute Gasteiger partial charge is 0.497 e. The van der Waals surface area contributed by atoms with Gasteiger partial charge in [0.15, 0.2) is 0 Å². The molecule has 3 rings (SSSR count). The molecule has 6 nitrogen and oxygen atoms in total. The summed E-state index contributed by atoms with van der Waals surface area (Å²) in [7, 11) is 1.66. The fourth-order valence-corrected chi connectivity index (χ4v) is 4.21. The molecular weight excluding hydrogens is 468 g/mol. The molecule has 37 heavy (non-hydrogen) atoms. The lowest BCUT2D eigenvalue weighted by molar-refractivity contribution is -0.147. The van der Waals surface area contributed by atoms with Gasteiger partial charge in [0, 0.05) is 11.8 Å². The number of hydrogen-bond donors (Lipinski definition) is 0. The molecule has 0 radical (unpaired) electrons. The van der Waals surface area contributed by atoms with E-state index in [0.717, 1.165) is 41.8 Å². The number of methoxy groups -OCH3 is 1. The molecule has 0 N–H and O–H groups in total. The Bertz CT molecular complexity index is 996. The fraction of sp³-hybridized carbons (Fsp3) is 0.452. The molecule has 0 saturated carbocycles. The van der Waals surface area contributed by atoms with Crippen LogP contribution in [0.4, 0.5) is 0 Å². The number of benzene rings is 2. The summed E-state index contributed by atoms with van der Waals surface area (Å²) in [5.41, 5.74) is 1.81. The molecular formula is C31H40O6. The Kier molecular flexibility index (Phi) is 11.4. The molecule has 1 aliphatic rings. The Morgan fingerprint density at radius 1 is 1.03 bits per heavy atom. The van der Waals surface area contributed by atoms with Crippen molar-refractivity contribution in [2.45, 2.75) is 71.6 Å². The molecule has 0 aliphatic carbocycles. The van der Waals surface area contributed by atoms with Crippen LogP contribution in [0.3, 0.4) is 0 Å². The minimum absolute atomic E-state index is 0.0129. The lowest BCUT2D eigenvalue weighted by Gasteiger charge is -2.35. The number of aldehydes is 1. The zero-order valence-corrected chi connectivity index (χ0v) is 22.4. The third kappa shape index (κ3) is 9.47. The Morgan fingerprint density at radius 2 is 1.76 bits per heavy atom. The van der Waals surface area contributed by atoms with Gasteiger partial charge in [-0.05, 0) is 69.0 Å². The van der Waals surface area contributed by atoms with Crippen molar-refractivity contribution in [3.63, 3.8) is 0 Å². The minimum Gasteiger partial charge on any atom is -0.497 e. The molecule has 0 fully saturated rings. The van der Waals surface area contributed by atoms with Crippen molar-refractivity contribution in [2.24, 2.45) is 5.41 Å². The topological polar surface area (TPSA) is 63.2 Å². The van der Waals surface area contributed by atoms with Gasteiger partial charge in [-0.25, -0.2) is 0 Å². The van der Waals surface area contributed by atoms with Crippen molar-refractivity contribution < 1.29 is 28.5 Å². The van der Waals surface area contributed by atoms with Gasteiger partial charge in [0.25, 0.3) is 0 Å². The first-order valence-corrected chi connectivity index (χ1v) is 12.9. The molecule has 3 atom stereocenters. The van der Waals surface area contributed by atoms with E-state index in [4.69, 9.17) is 23.7 Å². The molecule has 0 saturated heterocycles. The average molecular weight is 509 g/mol. The van der Waals surface area contributed by atoms with E-state index >= 15 is 0 Å². The average Bonchev–Trinajstić information content (AvgIpc) is 2.93. The van der Waals surface area contributed by atoms with E-state index in [2.05, 4.69) is 19.9 Å². The number of rotatable bonds is 15. The number of ether oxygens (including phenoxy) is 5. The molecule has 0 aromatic heterocycles.